The largest absolute Gasteiger partial charge is 0.494 e. The number of ether oxygens (including phenoxy) is 2. The molecule has 0 saturated heterocycles. The Hall–Kier alpha value is -4.85. The van der Waals surface area contributed by atoms with Gasteiger partial charge >= 0.3 is 5.97 Å². The van der Waals surface area contributed by atoms with Gasteiger partial charge in [-0.2, -0.15) is 0 Å². The van der Waals surface area contributed by atoms with Crippen LogP contribution in [-0.2, 0) is 14.4 Å². The molecule has 3 aromatic rings. The third kappa shape index (κ3) is 8.33. The quantitative estimate of drug-likeness (QED) is 0.0745. The number of benzene rings is 3. The molecular weight excluding hydrogens is 513 g/mol. The first kappa shape index (κ1) is 28.2. The lowest BCUT2D eigenvalue weighted by molar-refractivity contribution is -0.134. The Labute approximate surface area is 231 Å². The first-order chi connectivity index (χ1) is 19.4. The van der Waals surface area contributed by atoms with Crippen LogP contribution in [0.4, 0.5) is 4.39 Å². The van der Waals surface area contributed by atoms with Gasteiger partial charge in [0.05, 0.1) is 12.2 Å². The molecule has 8 heteroatoms. The summed E-state index contributed by atoms with van der Waals surface area (Å²) in [7, 11) is 0. The molecule has 1 N–H and O–H groups in total. The second-order valence-electron chi connectivity index (χ2n) is 9.16. The van der Waals surface area contributed by atoms with Crippen LogP contribution in [0, 0.1) is 5.82 Å². The minimum Gasteiger partial charge on any atom is -0.494 e. The number of halogens is 1. The van der Waals surface area contributed by atoms with Crippen LogP contribution in [0.1, 0.15) is 53.6 Å². The lowest BCUT2D eigenvalue weighted by atomic mass is 10.1. The van der Waals surface area contributed by atoms with E-state index in [0.717, 1.165) is 24.8 Å². The van der Waals surface area contributed by atoms with Gasteiger partial charge in [-0.15, -0.1) is 0 Å². The lowest BCUT2D eigenvalue weighted by Gasteiger charge is -2.08. The number of imide groups is 1. The van der Waals surface area contributed by atoms with Crippen LogP contribution in [-0.4, -0.2) is 30.2 Å². The van der Waals surface area contributed by atoms with Gasteiger partial charge in [-0.05, 0) is 78.6 Å². The number of ketones is 1. The SMILES string of the molecule is O=C1C=C(c2ccc(OCCCCCCC(=O)Oc3ccc(C=CC(=O)c4ccc(F)cc4)cc3)cc2)C(=O)N1. The summed E-state index contributed by atoms with van der Waals surface area (Å²) in [5.74, 6) is -0.632. The molecule has 40 heavy (non-hydrogen) atoms. The summed E-state index contributed by atoms with van der Waals surface area (Å²) in [4.78, 5) is 47.3. The number of allylic oxidation sites excluding steroid dienone is 1. The summed E-state index contributed by atoms with van der Waals surface area (Å²) >= 11 is 0. The monoisotopic (exact) mass is 541 g/mol. The molecule has 4 rings (SSSR count). The normalized spacial score (nSPS) is 12.8. The third-order valence-corrected chi connectivity index (χ3v) is 6.13. The van der Waals surface area contributed by atoms with Crippen LogP contribution >= 0.6 is 0 Å². The van der Waals surface area contributed by atoms with Gasteiger partial charge < -0.3 is 9.47 Å². The number of esters is 1. The summed E-state index contributed by atoms with van der Waals surface area (Å²) in [6.45, 7) is 0.530. The second-order valence-corrected chi connectivity index (χ2v) is 9.16. The molecule has 0 atom stereocenters. The zero-order chi connectivity index (χ0) is 28.3. The Morgan fingerprint density at radius 1 is 0.800 bits per heavy atom. The zero-order valence-electron chi connectivity index (χ0n) is 21.7. The van der Waals surface area contributed by atoms with Gasteiger partial charge in [-0.1, -0.05) is 43.2 Å². The minimum absolute atomic E-state index is 0.232. The van der Waals surface area contributed by atoms with E-state index < -0.39 is 17.6 Å². The fourth-order valence-corrected chi connectivity index (χ4v) is 3.98. The van der Waals surface area contributed by atoms with Crippen LogP contribution in [0.2, 0.25) is 0 Å². The lowest BCUT2D eigenvalue weighted by Crippen LogP contribution is -2.21. The molecule has 2 amide bonds. The molecule has 1 heterocycles. The van der Waals surface area contributed by atoms with E-state index in [1.807, 2.05) is 0 Å². The maximum absolute atomic E-state index is 13.0. The van der Waals surface area contributed by atoms with Gasteiger partial charge in [0.25, 0.3) is 11.8 Å². The van der Waals surface area contributed by atoms with Gasteiger partial charge in [-0.25, -0.2) is 4.39 Å². The highest BCUT2D eigenvalue weighted by Gasteiger charge is 2.21. The fraction of sp³-hybridized carbons (Fsp3) is 0.188. The summed E-state index contributed by atoms with van der Waals surface area (Å²) in [5, 5.41) is 2.22. The van der Waals surface area contributed by atoms with Gasteiger partial charge in [0.15, 0.2) is 5.78 Å². The van der Waals surface area contributed by atoms with Crippen molar-refractivity contribution in [1.29, 1.82) is 0 Å². The molecule has 1 aliphatic rings. The van der Waals surface area contributed by atoms with Crippen LogP contribution < -0.4 is 14.8 Å². The maximum atomic E-state index is 13.0. The van der Waals surface area contributed by atoms with E-state index in [0.29, 0.717) is 47.6 Å². The Kier molecular flexibility index (Phi) is 9.72. The molecule has 0 radical (unpaired) electrons. The third-order valence-electron chi connectivity index (χ3n) is 6.13. The van der Waals surface area contributed by atoms with Crippen LogP contribution in [0.25, 0.3) is 11.6 Å². The molecule has 204 valence electrons. The first-order valence-corrected chi connectivity index (χ1v) is 13.0. The average molecular weight is 542 g/mol. The average Bonchev–Trinajstić information content (AvgIpc) is 3.30. The molecule has 0 unspecified atom stereocenters. The summed E-state index contributed by atoms with van der Waals surface area (Å²) in [5.41, 5.74) is 2.17. The highest BCUT2D eigenvalue weighted by atomic mass is 19.1. The number of hydrogen-bond acceptors (Lipinski definition) is 6. The number of unbranched alkanes of at least 4 members (excludes halogenated alkanes) is 3. The van der Waals surface area contributed by atoms with E-state index in [2.05, 4.69) is 5.32 Å². The summed E-state index contributed by atoms with van der Waals surface area (Å²) in [6.07, 6.45) is 7.95. The van der Waals surface area contributed by atoms with Crippen molar-refractivity contribution in [2.75, 3.05) is 6.61 Å². The second kappa shape index (κ2) is 13.8. The van der Waals surface area contributed by atoms with Gasteiger partial charge in [0.2, 0.25) is 0 Å². The van der Waals surface area contributed by atoms with Crippen molar-refractivity contribution in [1.82, 2.24) is 5.32 Å². The van der Waals surface area contributed by atoms with E-state index in [-0.39, 0.29) is 11.8 Å². The molecular formula is C32H28FNO6. The van der Waals surface area contributed by atoms with Crippen molar-refractivity contribution < 1.29 is 33.0 Å². The molecule has 0 aromatic heterocycles. The Bertz CT molecular complexity index is 1420. The Balaban J connectivity index is 1.08. The number of carbonyl (C=O) groups excluding carboxylic acids is 4. The van der Waals surface area contributed by atoms with Crippen LogP contribution in [0.3, 0.4) is 0 Å². The highest BCUT2D eigenvalue weighted by Crippen LogP contribution is 2.22. The topological polar surface area (TPSA) is 98.8 Å². The number of hydrogen-bond donors (Lipinski definition) is 1. The smallest absolute Gasteiger partial charge is 0.311 e. The summed E-state index contributed by atoms with van der Waals surface area (Å²) in [6, 6.07) is 19.2. The molecule has 0 saturated carbocycles. The predicted octanol–water partition coefficient (Wildman–Crippen LogP) is 5.70. The van der Waals surface area contributed by atoms with E-state index >= 15 is 0 Å². The van der Waals surface area contributed by atoms with Crippen molar-refractivity contribution in [3.05, 3.63) is 107 Å². The van der Waals surface area contributed by atoms with Gasteiger partial charge in [0, 0.05) is 18.1 Å². The van der Waals surface area contributed by atoms with Crippen LogP contribution in [0.5, 0.6) is 11.5 Å². The van der Waals surface area contributed by atoms with Crippen molar-refractivity contribution in [2.45, 2.75) is 32.1 Å². The maximum Gasteiger partial charge on any atom is 0.311 e. The molecule has 1 aliphatic heterocycles. The van der Waals surface area contributed by atoms with Gasteiger partial charge in [-0.3, -0.25) is 24.5 Å². The van der Waals surface area contributed by atoms with E-state index in [4.69, 9.17) is 9.47 Å². The van der Waals surface area contributed by atoms with Crippen molar-refractivity contribution in [3.8, 4) is 11.5 Å². The molecule has 0 fully saturated rings. The first-order valence-electron chi connectivity index (χ1n) is 13.0. The number of amides is 2. The fourth-order valence-electron chi connectivity index (χ4n) is 3.98. The Morgan fingerprint density at radius 2 is 1.48 bits per heavy atom. The van der Waals surface area contributed by atoms with E-state index in [1.165, 1.54) is 36.4 Å². The molecule has 7 nitrogen and oxygen atoms in total. The minimum atomic E-state index is -0.410. The zero-order valence-corrected chi connectivity index (χ0v) is 21.7. The summed E-state index contributed by atoms with van der Waals surface area (Å²) < 4.78 is 24.1. The number of rotatable bonds is 13. The predicted molar refractivity (Wildman–Crippen MR) is 148 cm³/mol. The molecule has 0 bridgehead atoms. The molecule has 0 spiro atoms. The van der Waals surface area contributed by atoms with E-state index in [1.54, 1.807) is 54.6 Å². The standard InChI is InChI=1S/C32H28FNO6/c33-25-13-9-24(10-14-25)29(35)19-8-22-6-15-27(16-7-22)40-31(37)5-3-1-2-4-20-39-26-17-11-23(12-18-26)28-21-30(36)34-32(28)38/h6-19,21H,1-5,20H2,(H,34,36,38). The molecule has 3 aromatic carbocycles. The Morgan fingerprint density at radius 3 is 2.15 bits per heavy atom. The number of nitrogens with one attached hydrogen (secondary N) is 1. The van der Waals surface area contributed by atoms with E-state index in [9.17, 15) is 23.6 Å². The van der Waals surface area contributed by atoms with Crippen LogP contribution in [0.15, 0.2) is 84.9 Å². The van der Waals surface area contributed by atoms with Crippen molar-refractivity contribution >= 4 is 35.2 Å². The van der Waals surface area contributed by atoms with Crippen molar-refractivity contribution in [2.24, 2.45) is 0 Å². The van der Waals surface area contributed by atoms with Crippen molar-refractivity contribution in [3.63, 3.8) is 0 Å². The van der Waals surface area contributed by atoms with Gasteiger partial charge in [0.1, 0.15) is 17.3 Å². The number of carbonyl (C=O) groups is 4. The molecule has 0 aliphatic carbocycles. The highest BCUT2D eigenvalue weighted by molar-refractivity contribution is 6.33.